The van der Waals surface area contributed by atoms with Crippen molar-refractivity contribution < 1.29 is 9.59 Å². The van der Waals surface area contributed by atoms with Crippen LogP contribution in [0.25, 0.3) is 0 Å². The highest BCUT2D eigenvalue weighted by molar-refractivity contribution is 5.97. The van der Waals surface area contributed by atoms with Crippen molar-refractivity contribution in [2.75, 3.05) is 14.1 Å². The molecule has 2 amide bonds. The van der Waals surface area contributed by atoms with Crippen LogP contribution in [0.4, 0.5) is 0 Å². The van der Waals surface area contributed by atoms with Crippen molar-refractivity contribution in [3.63, 3.8) is 0 Å². The molecule has 6 heteroatoms. The van der Waals surface area contributed by atoms with E-state index in [9.17, 15) is 9.59 Å². The second kappa shape index (κ2) is 4.73. The van der Waals surface area contributed by atoms with Crippen LogP contribution < -0.4 is 11.7 Å². The van der Waals surface area contributed by atoms with Crippen molar-refractivity contribution in [3.05, 3.63) is 35.4 Å². The second-order valence-electron chi connectivity index (χ2n) is 3.41. The van der Waals surface area contributed by atoms with E-state index in [2.05, 4.69) is 0 Å². The maximum atomic E-state index is 11.4. The lowest BCUT2D eigenvalue weighted by atomic mass is 10.1. The minimum Gasteiger partial charge on any atom is -0.280 e. The van der Waals surface area contributed by atoms with Crippen molar-refractivity contribution in [1.29, 1.82) is 0 Å². The van der Waals surface area contributed by atoms with Gasteiger partial charge in [0.05, 0.1) is 0 Å². The summed E-state index contributed by atoms with van der Waals surface area (Å²) >= 11 is 0. The smallest absolute Gasteiger partial charge is 0.267 e. The molecule has 0 saturated carbocycles. The minimum absolute atomic E-state index is 0.319. The van der Waals surface area contributed by atoms with Crippen LogP contribution in [0.3, 0.4) is 0 Å². The molecule has 0 saturated heterocycles. The van der Waals surface area contributed by atoms with Crippen LogP contribution in [0.1, 0.15) is 20.7 Å². The Morgan fingerprint density at radius 1 is 0.875 bits per heavy atom. The van der Waals surface area contributed by atoms with Crippen molar-refractivity contribution in [1.82, 2.24) is 10.0 Å². The number of carbonyl (C=O) groups excluding carboxylic acids is 2. The van der Waals surface area contributed by atoms with E-state index in [0.29, 0.717) is 11.1 Å². The molecule has 1 aromatic rings. The fraction of sp³-hybridized carbons (Fsp3) is 0.200. The van der Waals surface area contributed by atoms with Crippen molar-refractivity contribution in [2.24, 2.45) is 11.7 Å². The summed E-state index contributed by atoms with van der Waals surface area (Å²) in [5, 5.41) is 1.96. The summed E-state index contributed by atoms with van der Waals surface area (Å²) in [6.45, 7) is 0. The standard InChI is InChI=1S/C10H14N4O2/c1-13(11)9(15)7-3-5-8(6-4-7)10(16)14(2)12/h3-6H,11-12H2,1-2H3. The molecule has 0 aliphatic rings. The quantitative estimate of drug-likeness (QED) is 0.403. The Hall–Kier alpha value is -1.92. The zero-order valence-corrected chi connectivity index (χ0v) is 9.18. The topological polar surface area (TPSA) is 92.7 Å². The van der Waals surface area contributed by atoms with Crippen LogP contribution in [0.5, 0.6) is 0 Å². The molecule has 86 valence electrons. The molecule has 0 atom stereocenters. The van der Waals surface area contributed by atoms with Gasteiger partial charge in [-0.25, -0.2) is 11.7 Å². The van der Waals surface area contributed by atoms with E-state index in [1.54, 1.807) is 0 Å². The third-order valence-electron chi connectivity index (χ3n) is 2.02. The highest BCUT2D eigenvalue weighted by Gasteiger charge is 2.11. The number of nitrogens with zero attached hydrogens (tertiary/aromatic N) is 2. The van der Waals surface area contributed by atoms with Gasteiger partial charge in [0.1, 0.15) is 0 Å². The van der Waals surface area contributed by atoms with Gasteiger partial charge in [-0.1, -0.05) is 0 Å². The SMILES string of the molecule is CN(N)C(=O)c1ccc(C(=O)N(C)N)cc1. The van der Waals surface area contributed by atoms with Crippen molar-refractivity contribution in [3.8, 4) is 0 Å². The average molecular weight is 222 g/mol. The Kier molecular flexibility index (Phi) is 3.60. The summed E-state index contributed by atoms with van der Waals surface area (Å²) in [7, 11) is 2.91. The largest absolute Gasteiger partial charge is 0.280 e. The second-order valence-corrected chi connectivity index (χ2v) is 3.41. The zero-order chi connectivity index (χ0) is 12.3. The lowest BCUT2D eigenvalue weighted by molar-refractivity contribution is 0.0784. The van der Waals surface area contributed by atoms with Gasteiger partial charge in [0.15, 0.2) is 0 Å². The average Bonchev–Trinajstić information content (AvgIpc) is 2.27. The Morgan fingerprint density at radius 3 is 1.31 bits per heavy atom. The normalized spacial score (nSPS) is 9.75. The van der Waals surface area contributed by atoms with Gasteiger partial charge in [0, 0.05) is 25.2 Å². The zero-order valence-electron chi connectivity index (χ0n) is 9.18. The molecule has 0 radical (unpaired) electrons. The molecule has 0 fully saturated rings. The van der Waals surface area contributed by atoms with E-state index in [0.717, 1.165) is 10.0 Å². The molecule has 0 heterocycles. The maximum Gasteiger partial charge on any atom is 0.267 e. The van der Waals surface area contributed by atoms with Crippen LogP contribution in [0, 0.1) is 0 Å². The van der Waals surface area contributed by atoms with Crippen molar-refractivity contribution in [2.45, 2.75) is 0 Å². The van der Waals surface area contributed by atoms with Crippen LogP contribution in [0.2, 0.25) is 0 Å². The molecule has 0 bridgehead atoms. The van der Waals surface area contributed by atoms with Gasteiger partial charge in [-0.15, -0.1) is 0 Å². The monoisotopic (exact) mass is 222 g/mol. The number of nitrogens with two attached hydrogens (primary N) is 2. The number of carbonyl (C=O) groups is 2. The van der Waals surface area contributed by atoms with Gasteiger partial charge >= 0.3 is 0 Å². The first-order valence-corrected chi connectivity index (χ1v) is 4.59. The van der Waals surface area contributed by atoms with E-state index >= 15 is 0 Å². The number of hydrogen-bond acceptors (Lipinski definition) is 4. The number of benzene rings is 1. The fourth-order valence-electron chi connectivity index (χ4n) is 1.16. The van der Waals surface area contributed by atoms with Gasteiger partial charge < -0.3 is 0 Å². The van der Waals surface area contributed by atoms with Crippen LogP contribution >= 0.6 is 0 Å². The van der Waals surface area contributed by atoms with Gasteiger partial charge in [-0.2, -0.15) is 0 Å². The summed E-state index contributed by atoms with van der Waals surface area (Å²) in [6.07, 6.45) is 0. The molecule has 0 aliphatic carbocycles. The first-order chi connectivity index (χ1) is 7.43. The van der Waals surface area contributed by atoms with Gasteiger partial charge in [0.25, 0.3) is 11.8 Å². The predicted molar refractivity (Wildman–Crippen MR) is 59.0 cm³/mol. The Balaban J connectivity index is 2.92. The lowest BCUT2D eigenvalue weighted by Gasteiger charge is -2.12. The molecule has 16 heavy (non-hydrogen) atoms. The number of hydrazine groups is 2. The molecular weight excluding hydrogens is 208 g/mol. The van der Waals surface area contributed by atoms with Crippen LogP contribution in [-0.2, 0) is 0 Å². The van der Waals surface area contributed by atoms with E-state index in [-0.39, 0.29) is 11.8 Å². The van der Waals surface area contributed by atoms with E-state index < -0.39 is 0 Å². The molecule has 0 unspecified atom stereocenters. The first kappa shape index (κ1) is 12.2. The van der Waals surface area contributed by atoms with Gasteiger partial charge in [-0.05, 0) is 24.3 Å². The molecule has 0 aromatic heterocycles. The van der Waals surface area contributed by atoms with Crippen LogP contribution in [-0.4, -0.2) is 35.9 Å². The summed E-state index contributed by atoms with van der Waals surface area (Å²) < 4.78 is 0. The molecular formula is C10H14N4O2. The summed E-state index contributed by atoms with van der Waals surface area (Å²) in [5.41, 5.74) is 0.836. The summed E-state index contributed by atoms with van der Waals surface area (Å²) in [4.78, 5) is 22.9. The number of hydrogen-bond donors (Lipinski definition) is 2. The van der Waals surface area contributed by atoms with E-state index in [4.69, 9.17) is 11.7 Å². The van der Waals surface area contributed by atoms with Gasteiger partial charge in [0.2, 0.25) is 0 Å². The predicted octanol–water partition coefficient (Wildman–Crippen LogP) is -0.422. The summed E-state index contributed by atoms with van der Waals surface area (Å²) in [5.74, 6) is 9.97. The van der Waals surface area contributed by atoms with Crippen molar-refractivity contribution >= 4 is 11.8 Å². The molecule has 4 N–H and O–H groups in total. The molecule has 6 nitrogen and oxygen atoms in total. The molecule has 1 rings (SSSR count). The maximum absolute atomic E-state index is 11.4. The van der Waals surface area contributed by atoms with Crippen LogP contribution in [0.15, 0.2) is 24.3 Å². The third-order valence-corrected chi connectivity index (χ3v) is 2.02. The number of amides is 2. The Labute approximate surface area is 93.4 Å². The highest BCUT2D eigenvalue weighted by atomic mass is 16.2. The van der Waals surface area contributed by atoms with Gasteiger partial charge in [-0.3, -0.25) is 19.6 Å². The van der Waals surface area contributed by atoms with E-state index in [1.165, 1.54) is 38.4 Å². The number of rotatable bonds is 2. The fourth-order valence-corrected chi connectivity index (χ4v) is 1.16. The molecule has 1 aromatic carbocycles. The minimum atomic E-state index is -0.319. The Bertz CT molecular complexity index is 359. The van der Waals surface area contributed by atoms with E-state index in [1.807, 2.05) is 0 Å². The third kappa shape index (κ3) is 2.56. The lowest BCUT2D eigenvalue weighted by Crippen LogP contribution is -2.34. The first-order valence-electron chi connectivity index (χ1n) is 4.59. The molecule has 0 aliphatic heterocycles. The summed E-state index contributed by atoms with van der Waals surface area (Å²) in [6, 6.07) is 6.12. The highest BCUT2D eigenvalue weighted by Crippen LogP contribution is 2.06. The Morgan fingerprint density at radius 2 is 1.12 bits per heavy atom. The molecule has 0 spiro atoms.